The van der Waals surface area contributed by atoms with Gasteiger partial charge in [-0.15, -0.1) is 0 Å². The molecule has 0 radical (unpaired) electrons. The predicted octanol–water partition coefficient (Wildman–Crippen LogP) is 4.45. The molecule has 1 amide bonds. The summed E-state index contributed by atoms with van der Waals surface area (Å²) in [4.78, 5) is 16.5. The standard InChI is InChI=1S/C22H18N2O2S/c1-23-19(21(25)24(22(23)27)16-9-4-3-5-10-16)14-18-17-11-7-6-8-15(17)12-13-20(18)26-2/h3-14H,1-2H3/b19-14-. The Balaban J connectivity index is 1.87. The quantitative estimate of drug-likeness (QED) is 0.501. The number of thiocarbonyl (C=S) groups is 1. The number of carbonyl (C=O) groups is 1. The summed E-state index contributed by atoms with van der Waals surface area (Å²) in [5.74, 6) is 0.565. The van der Waals surface area contributed by atoms with Crippen molar-refractivity contribution in [1.82, 2.24) is 4.90 Å². The van der Waals surface area contributed by atoms with Gasteiger partial charge < -0.3 is 9.64 Å². The molecule has 1 fully saturated rings. The van der Waals surface area contributed by atoms with Gasteiger partial charge in [0.25, 0.3) is 5.91 Å². The van der Waals surface area contributed by atoms with Crippen LogP contribution in [-0.4, -0.2) is 30.1 Å². The Bertz CT molecular complexity index is 1080. The molecule has 0 aliphatic carbocycles. The summed E-state index contributed by atoms with van der Waals surface area (Å²) >= 11 is 5.53. The molecule has 0 saturated carbocycles. The fourth-order valence-corrected chi connectivity index (χ4v) is 3.59. The molecule has 3 aromatic rings. The number of fused-ring (bicyclic) bond motifs is 1. The fraction of sp³-hybridized carbons (Fsp3) is 0.0909. The van der Waals surface area contributed by atoms with Gasteiger partial charge in [0, 0.05) is 12.6 Å². The molecule has 4 rings (SSSR count). The fourth-order valence-electron chi connectivity index (χ4n) is 3.30. The molecule has 0 spiro atoms. The number of benzene rings is 3. The highest BCUT2D eigenvalue weighted by Gasteiger charge is 2.36. The van der Waals surface area contributed by atoms with Crippen LogP contribution in [0.1, 0.15) is 5.56 Å². The van der Waals surface area contributed by atoms with Crippen LogP contribution in [0.3, 0.4) is 0 Å². The predicted molar refractivity (Wildman–Crippen MR) is 113 cm³/mol. The van der Waals surface area contributed by atoms with E-state index in [1.165, 1.54) is 0 Å². The van der Waals surface area contributed by atoms with Crippen molar-refractivity contribution in [1.29, 1.82) is 0 Å². The summed E-state index contributed by atoms with van der Waals surface area (Å²) in [6.07, 6.45) is 1.86. The molecular weight excluding hydrogens is 356 g/mol. The minimum absolute atomic E-state index is 0.149. The third-order valence-corrected chi connectivity index (χ3v) is 5.16. The van der Waals surface area contributed by atoms with E-state index >= 15 is 0 Å². The van der Waals surface area contributed by atoms with Crippen LogP contribution in [-0.2, 0) is 4.79 Å². The van der Waals surface area contributed by atoms with Crippen molar-refractivity contribution in [2.75, 3.05) is 19.1 Å². The van der Waals surface area contributed by atoms with Gasteiger partial charge in [0.05, 0.1) is 12.8 Å². The molecule has 0 unspecified atom stereocenters. The molecule has 1 heterocycles. The van der Waals surface area contributed by atoms with Gasteiger partial charge in [-0.1, -0.05) is 48.5 Å². The lowest BCUT2D eigenvalue weighted by Gasteiger charge is -2.16. The number of anilines is 1. The maximum atomic E-state index is 13.2. The maximum absolute atomic E-state index is 13.2. The third kappa shape index (κ3) is 2.86. The molecule has 1 aliphatic heterocycles. The molecule has 3 aromatic carbocycles. The van der Waals surface area contributed by atoms with Crippen LogP contribution in [0.15, 0.2) is 72.4 Å². The van der Waals surface area contributed by atoms with Crippen molar-refractivity contribution in [3.63, 3.8) is 0 Å². The van der Waals surface area contributed by atoms with E-state index in [4.69, 9.17) is 17.0 Å². The number of hydrogen-bond donors (Lipinski definition) is 0. The Kier molecular flexibility index (Phi) is 4.38. The average Bonchev–Trinajstić information content (AvgIpc) is 2.92. The first-order valence-electron chi connectivity index (χ1n) is 8.56. The molecule has 4 nitrogen and oxygen atoms in total. The Morgan fingerprint density at radius 3 is 2.41 bits per heavy atom. The minimum atomic E-state index is -0.149. The van der Waals surface area contributed by atoms with E-state index in [0.717, 1.165) is 22.0 Å². The minimum Gasteiger partial charge on any atom is -0.496 e. The maximum Gasteiger partial charge on any atom is 0.281 e. The van der Waals surface area contributed by atoms with Crippen molar-refractivity contribution < 1.29 is 9.53 Å². The summed E-state index contributed by atoms with van der Waals surface area (Å²) in [5.41, 5.74) is 2.13. The largest absolute Gasteiger partial charge is 0.496 e. The average molecular weight is 374 g/mol. The lowest BCUT2D eigenvalue weighted by Crippen LogP contribution is -2.30. The van der Waals surface area contributed by atoms with Crippen molar-refractivity contribution in [2.24, 2.45) is 0 Å². The van der Waals surface area contributed by atoms with E-state index < -0.39 is 0 Å². The number of amides is 1. The van der Waals surface area contributed by atoms with Crippen LogP contribution < -0.4 is 9.64 Å². The van der Waals surface area contributed by atoms with E-state index in [2.05, 4.69) is 0 Å². The monoisotopic (exact) mass is 374 g/mol. The highest BCUT2D eigenvalue weighted by molar-refractivity contribution is 7.80. The molecule has 0 N–H and O–H groups in total. The summed E-state index contributed by atoms with van der Waals surface area (Å²) < 4.78 is 5.55. The number of para-hydroxylation sites is 1. The number of hydrogen-bond acceptors (Lipinski definition) is 3. The van der Waals surface area contributed by atoms with Gasteiger partial charge in [-0.2, -0.15) is 0 Å². The molecule has 27 heavy (non-hydrogen) atoms. The van der Waals surface area contributed by atoms with Crippen molar-refractivity contribution in [2.45, 2.75) is 0 Å². The second-order valence-electron chi connectivity index (χ2n) is 6.25. The molecule has 5 heteroatoms. The first-order chi connectivity index (χ1) is 13.1. The topological polar surface area (TPSA) is 32.8 Å². The molecule has 0 atom stereocenters. The van der Waals surface area contributed by atoms with Gasteiger partial charge in [-0.25, -0.2) is 0 Å². The van der Waals surface area contributed by atoms with Crippen molar-refractivity contribution in [3.05, 3.63) is 78.0 Å². The lowest BCUT2D eigenvalue weighted by atomic mass is 10.0. The van der Waals surface area contributed by atoms with Gasteiger partial charge in [0.1, 0.15) is 11.4 Å². The SMILES string of the molecule is COc1ccc2ccccc2c1/C=C1/C(=O)N(c2ccccc2)C(=S)N1C. The van der Waals surface area contributed by atoms with E-state index in [-0.39, 0.29) is 5.91 Å². The van der Waals surface area contributed by atoms with Gasteiger partial charge in [-0.3, -0.25) is 9.69 Å². The molecular formula is C22H18N2O2S. The number of methoxy groups -OCH3 is 1. The van der Waals surface area contributed by atoms with E-state index in [1.807, 2.05) is 79.9 Å². The Morgan fingerprint density at radius 1 is 0.963 bits per heavy atom. The molecule has 1 saturated heterocycles. The number of ether oxygens (including phenoxy) is 1. The normalized spacial score (nSPS) is 15.9. The highest BCUT2D eigenvalue weighted by atomic mass is 32.1. The number of nitrogens with zero attached hydrogens (tertiary/aromatic N) is 2. The summed E-state index contributed by atoms with van der Waals surface area (Å²) in [7, 11) is 3.44. The van der Waals surface area contributed by atoms with Crippen LogP contribution >= 0.6 is 12.2 Å². The molecule has 1 aliphatic rings. The highest BCUT2D eigenvalue weighted by Crippen LogP contribution is 2.33. The van der Waals surface area contributed by atoms with Gasteiger partial charge in [-0.05, 0) is 47.3 Å². The van der Waals surface area contributed by atoms with Crippen LogP contribution in [0.5, 0.6) is 5.75 Å². The lowest BCUT2D eigenvalue weighted by molar-refractivity contribution is -0.114. The molecule has 134 valence electrons. The van der Waals surface area contributed by atoms with E-state index in [0.29, 0.717) is 16.6 Å². The van der Waals surface area contributed by atoms with Crippen LogP contribution in [0.2, 0.25) is 0 Å². The van der Waals surface area contributed by atoms with Gasteiger partial charge >= 0.3 is 0 Å². The van der Waals surface area contributed by atoms with Crippen LogP contribution in [0.25, 0.3) is 16.8 Å². The Labute approximate surface area is 163 Å². The Hall–Kier alpha value is -3.18. The molecule has 0 bridgehead atoms. The van der Waals surface area contributed by atoms with E-state index in [1.54, 1.807) is 16.9 Å². The van der Waals surface area contributed by atoms with Crippen LogP contribution in [0.4, 0.5) is 5.69 Å². The zero-order valence-corrected chi connectivity index (χ0v) is 15.9. The summed E-state index contributed by atoms with van der Waals surface area (Å²) in [6.45, 7) is 0. The summed E-state index contributed by atoms with van der Waals surface area (Å²) in [5, 5.41) is 2.56. The number of rotatable bonds is 3. The first kappa shape index (κ1) is 17.2. The second kappa shape index (κ2) is 6.85. The van der Waals surface area contributed by atoms with Gasteiger partial charge in [0.15, 0.2) is 5.11 Å². The molecule has 0 aromatic heterocycles. The van der Waals surface area contributed by atoms with Crippen molar-refractivity contribution >= 4 is 45.8 Å². The first-order valence-corrected chi connectivity index (χ1v) is 8.97. The van der Waals surface area contributed by atoms with Gasteiger partial charge in [0.2, 0.25) is 0 Å². The zero-order chi connectivity index (χ0) is 19.0. The van der Waals surface area contributed by atoms with E-state index in [9.17, 15) is 4.79 Å². The number of carbonyl (C=O) groups excluding carboxylic acids is 1. The Morgan fingerprint density at radius 2 is 1.67 bits per heavy atom. The second-order valence-corrected chi connectivity index (χ2v) is 6.62. The van der Waals surface area contributed by atoms with Crippen molar-refractivity contribution in [3.8, 4) is 5.75 Å². The summed E-state index contributed by atoms with van der Waals surface area (Å²) in [6, 6.07) is 21.4. The third-order valence-electron chi connectivity index (χ3n) is 4.71. The van der Waals surface area contributed by atoms with Crippen LogP contribution in [0, 0.1) is 0 Å². The zero-order valence-electron chi connectivity index (χ0n) is 15.0. The number of likely N-dealkylation sites (N-methyl/N-ethyl adjacent to an activating group) is 1. The smallest absolute Gasteiger partial charge is 0.281 e.